The third kappa shape index (κ3) is 3.01. The standard InChI is InChI=1S/C16H23FN2O/c1-4-13-10-19(14(5-2)9-18-13)16(20)15-7-6-12(17)8-11(15)3/h6-8,13-14,18H,4-5,9-10H2,1-3H3. The van der Waals surface area contributed by atoms with E-state index < -0.39 is 0 Å². The molecule has 2 unspecified atom stereocenters. The van der Waals surface area contributed by atoms with Crippen LogP contribution >= 0.6 is 0 Å². The molecule has 2 atom stereocenters. The van der Waals surface area contributed by atoms with E-state index in [1.807, 2.05) is 4.90 Å². The van der Waals surface area contributed by atoms with Crippen molar-refractivity contribution in [3.8, 4) is 0 Å². The number of piperazine rings is 1. The van der Waals surface area contributed by atoms with Crippen molar-refractivity contribution in [2.24, 2.45) is 0 Å². The van der Waals surface area contributed by atoms with Gasteiger partial charge < -0.3 is 10.2 Å². The molecule has 1 aliphatic heterocycles. The number of carbonyl (C=O) groups is 1. The topological polar surface area (TPSA) is 32.3 Å². The van der Waals surface area contributed by atoms with Crippen LogP contribution in [0.3, 0.4) is 0 Å². The molecular weight excluding hydrogens is 255 g/mol. The van der Waals surface area contributed by atoms with Gasteiger partial charge in [-0.05, 0) is 43.5 Å². The molecule has 4 heteroatoms. The number of benzene rings is 1. The van der Waals surface area contributed by atoms with Crippen LogP contribution in [-0.4, -0.2) is 36.0 Å². The number of hydrogen-bond donors (Lipinski definition) is 1. The van der Waals surface area contributed by atoms with Gasteiger partial charge in [-0.25, -0.2) is 4.39 Å². The van der Waals surface area contributed by atoms with E-state index >= 15 is 0 Å². The molecule has 0 radical (unpaired) electrons. The van der Waals surface area contributed by atoms with Crippen LogP contribution < -0.4 is 5.32 Å². The SMILES string of the molecule is CCC1CN(C(=O)c2ccc(F)cc2C)C(CC)CN1. The molecule has 1 N–H and O–H groups in total. The molecule has 0 aromatic heterocycles. The molecule has 1 aliphatic rings. The second-order valence-electron chi connectivity index (χ2n) is 5.49. The minimum atomic E-state index is -0.294. The lowest BCUT2D eigenvalue weighted by molar-refractivity contribution is 0.0575. The maximum atomic E-state index is 13.2. The quantitative estimate of drug-likeness (QED) is 0.922. The van der Waals surface area contributed by atoms with Crippen LogP contribution in [0.15, 0.2) is 18.2 Å². The van der Waals surface area contributed by atoms with Gasteiger partial charge in [0.2, 0.25) is 0 Å². The van der Waals surface area contributed by atoms with Gasteiger partial charge in [0.05, 0.1) is 0 Å². The summed E-state index contributed by atoms with van der Waals surface area (Å²) in [5, 5.41) is 3.48. The van der Waals surface area contributed by atoms with Crippen LogP contribution in [-0.2, 0) is 0 Å². The molecule has 1 aromatic rings. The predicted octanol–water partition coefficient (Wildman–Crippen LogP) is 2.74. The molecule has 0 spiro atoms. The fourth-order valence-corrected chi connectivity index (χ4v) is 2.77. The van der Waals surface area contributed by atoms with Gasteiger partial charge in [0, 0.05) is 30.7 Å². The van der Waals surface area contributed by atoms with Crippen LogP contribution in [0.4, 0.5) is 4.39 Å². The fraction of sp³-hybridized carbons (Fsp3) is 0.562. The summed E-state index contributed by atoms with van der Waals surface area (Å²) in [4.78, 5) is 14.7. The normalized spacial score (nSPS) is 22.9. The zero-order valence-electron chi connectivity index (χ0n) is 12.4. The molecule has 1 fully saturated rings. The number of hydrogen-bond acceptors (Lipinski definition) is 2. The summed E-state index contributed by atoms with van der Waals surface area (Å²) in [7, 11) is 0. The van der Waals surface area contributed by atoms with Crippen molar-refractivity contribution in [3.05, 3.63) is 35.1 Å². The van der Waals surface area contributed by atoms with Crippen LogP contribution in [0.5, 0.6) is 0 Å². The van der Waals surface area contributed by atoms with Gasteiger partial charge in [0.1, 0.15) is 5.82 Å². The highest BCUT2D eigenvalue weighted by molar-refractivity contribution is 5.96. The average molecular weight is 278 g/mol. The first-order valence-corrected chi connectivity index (χ1v) is 7.37. The Labute approximate surface area is 120 Å². The summed E-state index contributed by atoms with van der Waals surface area (Å²) < 4.78 is 13.2. The number of rotatable bonds is 3. The minimum absolute atomic E-state index is 0.0225. The number of carbonyl (C=O) groups excluding carboxylic acids is 1. The van der Waals surface area contributed by atoms with Crippen LogP contribution in [0, 0.1) is 12.7 Å². The van der Waals surface area contributed by atoms with Crippen molar-refractivity contribution in [1.82, 2.24) is 10.2 Å². The Morgan fingerprint density at radius 1 is 1.40 bits per heavy atom. The molecule has 0 saturated carbocycles. The lowest BCUT2D eigenvalue weighted by atomic mass is 10.0. The highest BCUT2D eigenvalue weighted by Crippen LogP contribution is 2.19. The van der Waals surface area contributed by atoms with E-state index in [1.165, 1.54) is 12.1 Å². The second kappa shape index (κ2) is 6.35. The summed E-state index contributed by atoms with van der Waals surface area (Å²) in [5.74, 6) is -0.271. The van der Waals surface area contributed by atoms with Crippen molar-refractivity contribution in [2.45, 2.75) is 45.7 Å². The second-order valence-corrected chi connectivity index (χ2v) is 5.49. The third-order valence-corrected chi connectivity index (χ3v) is 4.14. The highest BCUT2D eigenvalue weighted by Gasteiger charge is 2.30. The summed E-state index contributed by atoms with van der Waals surface area (Å²) >= 11 is 0. The molecule has 1 heterocycles. The lowest BCUT2D eigenvalue weighted by Crippen LogP contribution is -2.58. The van der Waals surface area contributed by atoms with Crippen LogP contribution in [0.1, 0.15) is 42.6 Å². The zero-order valence-corrected chi connectivity index (χ0v) is 12.4. The van der Waals surface area contributed by atoms with Gasteiger partial charge in [-0.15, -0.1) is 0 Å². The molecule has 3 nitrogen and oxygen atoms in total. The van der Waals surface area contributed by atoms with E-state index in [9.17, 15) is 9.18 Å². The van der Waals surface area contributed by atoms with Crippen molar-refractivity contribution in [2.75, 3.05) is 13.1 Å². The average Bonchev–Trinajstić information content (AvgIpc) is 2.46. The van der Waals surface area contributed by atoms with Gasteiger partial charge >= 0.3 is 0 Å². The predicted molar refractivity (Wildman–Crippen MR) is 78.3 cm³/mol. The summed E-state index contributed by atoms with van der Waals surface area (Å²) in [6.45, 7) is 7.56. The smallest absolute Gasteiger partial charge is 0.254 e. The van der Waals surface area contributed by atoms with Crippen molar-refractivity contribution >= 4 is 5.91 Å². The first-order chi connectivity index (χ1) is 9.56. The van der Waals surface area contributed by atoms with Gasteiger partial charge in [0.15, 0.2) is 0 Å². The van der Waals surface area contributed by atoms with E-state index in [2.05, 4.69) is 19.2 Å². The van der Waals surface area contributed by atoms with E-state index in [4.69, 9.17) is 0 Å². The first-order valence-electron chi connectivity index (χ1n) is 7.37. The summed E-state index contributed by atoms with van der Waals surface area (Å²) in [6.07, 6.45) is 1.93. The van der Waals surface area contributed by atoms with Gasteiger partial charge in [-0.1, -0.05) is 13.8 Å². The number of nitrogens with zero attached hydrogens (tertiary/aromatic N) is 1. The Morgan fingerprint density at radius 3 is 2.75 bits per heavy atom. The molecule has 2 rings (SSSR count). The largest absolute Gasteiger partial charge is 0.333 e. The Hall–Kier alpha value is -1.42. The Balaban J connectivity index is 2.24. The van der Waals surface area contributed by atoms with Crippen LogP contribution in [0.25, 0.3) is 0 Å². The molecule has 110 valence electrons. The van der Waals surface area contributed by atoms with Gasteiger partial charge in [0.25, 0.3) is 5.91 Å². The first kappa shape index (κ1) is 15.0. The molecule has 1 saturated heterocycles. The van der Waals surface area contributed by atoms with Crippen LogP contribution in [0.2, 0.25) is 0 Å². The molecule has 1 aromatic carbocycles. The minimum Gasteiger partial charge on any atom is -0.333 e. The van der Waals surface area contributed by atoms with E-state index in [1.54, 1.807) is 13.0 Å². The number of aryl methyl sites for hydroxylation is 1. The van der Waals surface area contributed by atoms with Crippen molar-refractivity contribution < 1.29 is 9.18 Å². The number of halogens is 1. The highest BCUT2D eigenvalue weighted by atomic mass is 19.1. The fourth-order valence-electron chi connectivity index (χ4n) is 2.77. The Kier molecular flexibility index (Phi) is 4.76. The number of nitrogens with one attached hydrogen (secondary N) is 1. The molecule has 0 aliphatic carbocycles. The summed E-state index contributed by atoms with van der Waals surface area (Å²) in [6, 6.07) is 4.95. The molecule has 20 heavy (non-hydrogen) atoms. The van der Waals surface area contributed by atoms with Crippen molar-refractivity contribution in [3.63, 3.8) is 0 Å². The maximum Gasteiger partial charge on any atom is 0.254 e. The summed E-state index contributed by atoms with van der Waals surface area (Å²) in [5.41, 5.74) is 1.32. The van der Waals surface area contributed by atoms with E-state index in [0.717, 1.165) is 25.9 Å². The van der Waals surface area contributed by atoms with E-state index in [-0.39, 0.29) is 17.8 Å². The lowest BCUT2D eigenvalue weighted by Gasteiger charge is -2.40. The van der Waals surface area contributed by atoms with E-state index in [0.29, 0.717) is 17.2 Å². The van der Waals surface area contributed by atoms with Gasteiger partial charge in [-0.3, -0.25) is 4.79 Å². The molecular formula is C16H23FN2O. The van der Waals surface area contributed by atoms with Gasteiger partial charge in [-0.2, -0.15) is 0 Å². The monoisotopic (exact) mass is 278 g/mol. The number of amides is 1. The Morgan fingerprint density at radius 2 is 2.15 bits per heavy atom. The zero-order chi connectivity index (χ0) is 14.7. The maximum absolute atomic E-state index is 13.2. The molecule has 0 bridgehead atoms. The molecule has 1 amide bonds. The van der Waals surface area contributed by atoms with Crippen molar-refractivity contribution in [1.29, 1.82) is 0 Å². The third-order valence-electron chi connectivity index (χ3n) is 4.14. The Bertz CT molecular complexity index is 489.